The van der Waals surface area contributed by atoms with Crippen molar-refractivity contribution in [1.82, 2.24) is 29.9 Å². The molecule has 3 aliphatic rings. The Labute approximate surface area is 213 Å². The van der Waals surface area contributed by atoms with Crippen molar-refractivity contribution >= 4 is 17.7 Å². The minimum absolute atomic E-state index is 0.199. The number of likely N-dealkylation sites (tertiary alicyclic amines) is 1. The van der Waals surface area contributed by atoms with Crippen molar-refractivity contribution in [3.63, 3.8) is 0 Å². The second kappa shape index (κ2) is 9.20. The van der Waals surface area contributed by atoms with Gasteiger partial charge < -0.3 is 10.0 Å². The summed E-state index contributed by atoms with van der Waals surface area (Å²) in [7, 11) is 0. The van der Waals surface area contributed by atoms with Crippen LogP contribution in [-0.2, 0) is 28.3 Å². The fourth-order valence-electron chi connectivity index (χ4n) is 5.47. The van der Waals surface area contributed by atoms with E-state index in [-0.39, 0.29) is 24.8 Å². The predicted octanol–water partition coefficient (Wildman–Crippen LogP) is 1.51. The Morgan fingerprint density at radius 3 is 2.54 bits per heavy atom. The molecule has 1 unspecified atom stereocenters. The van der Waals surface area contributed by atoms with Gasteiger partial charge in [-0.15, -0.1) is 0 Å². The lowest BCUT2D eigenvalue weighted by Gasteiger charge is -2.38. The average Bonchev–Trinajstić information content (AvgIpc) is 3.55. The third-order valence-electron chi connectivity index (χ3n) is 7.64. The molecule has 10 heteroatoms. The Balaban J connectivity index is 1.10. The van der Waals surface area contributed by atoms with Crippen molar-refractivity contribution in [2.75, 3.05) is 13.1 Å². The van der Waals surface area contributed by atoms with Crippen molar-refractivity contribution in [3.05, 3.63) is 77.4 Å². The summed E-state index contributed by atoms with van der Waals surface area (Å²) in [5, 5.41) is 18.0. The summed E-state index contributed by atoms with van der Waals surface area (Å²) in [4.78, 5) is 45.2. The number of imide groups is 1. The molecule has 0 saturated carbocycles. The highest BCUT2D eigenvalue weighted by molar-refractivity contribution is 6.05. The minimum atomic E-state index is -1.07. The van der Waals surface area contributed by atoms with Crippen LogP contribution in [0.2, 0.25) is 0 Å². The molecule has 10 nitrogen and oxygen atoms in total. The quantitative estimate of drug-likeness (QED) is 0.510. The first kappa shape index (κ1) is 23.5. The molecule has 0 radical (unpaired) electrons. The van der Waals surface area contributed by atoms with Crippen LogP contribution in [-0.4, -0.2) is 66.5 Å². The molecule has 37 heavy (non-hydrogen) atoms. The first-order chi connectivity index (χ1) is 17.9. The number of amides is 3. The number of nitrogens with one attached hydrogen (secondary N) is 1. The van der Waals surface area contributed by atoms with Gasteiger partial charge in [-0.1, -0.05) is 12.1 Å². The molecular formula is C27H28N6O4. The number of nitrogens with zero attached hydrogens (tertiary/aromatic N) is 5. The van der Waals surface area contributed by atoms with Gasteiger partial charge in [-0.05, 0) is 55.2 Å². The highest BCUT2D eigenvalue weighted by Gasteiger charge is 2.41. The fraction of sp³-hybridized carbons (Fsp3) is 0.370. The maximum absolute atomic E-state index is 12.9. The van der Waals surface area contributed by atoms with Crippen LogP contribution in [0.15, 0.2) is 54.9 Å². The number of aromatic nitrogens is 3. The molecule has 0 aliphatic carbocycles. The molecule has 0 bridgehead atoms. The minimum Gasteiger partial charge on any atom is -0.383 e. The maximum atomic E-state index is 12.9. The van der Waals surface area contributed by atoms with Crippen LogP contribution in [0.3, 0.4) is 0 Å². The molecule has 6 rings (SSSR count). The third kappa shape index (κ3) is 4.42. The zero-order chi connectivity index (χ0) is 25.6. The first-order valence-electron chi connectivity index (χ1n) is 12.6. The lowest BCUT2D eigenvalue weighted by atomic mass is 9.87. The summed E-state index contributed by atoms with van der Waals surface area (Å²) < 4.78 is 1.83. The zero-order valence-corrected chi connectivity index (χ0v) is 20.3. The number of rotatable bonds is 5. The van der Waals surface area contributed by atoms with Gasteiger partial charge in [-0.3, -0.25) is 29.6 Å². The summed E-state index contributed by atoms with van der Waals surface area (Å²) in [6.45, 7) is 2.43. The van der Waals surface area contributed by atoms with E-state index in [0.717, 1.165) is 25.3 Å². The predicted molar refractivity (Wildman–Crippen MR) is 132 cm³/mol. The van der Waals surface area contributed by atoms with E-state index in [1.807, 2.05) is 16.9 Å². The highest BCUT2D eigenvalue weighted by atomic mass is 16.3. The van der Waals surface area contributed by atoms with Crippen LogP contribution >= 0.6 is 0 Å². The third-order valence-corrected chi connectivity index (χ3v) is 7.64. The number of pyridine rings is 1. The number of piperidine rings is 2. The van der Waals surface area contributed by atoms with Crippen LogP contribution in [0.1, 0.15) is 53.0 Å². The standard InChI is InChI=1S/C27H28N6O4/c34-24-9-7-22(25(35)30-24)32-17-21-20(26(32)36)6-8-23(29-21)27(37)10-14-31(15-11-27)16-18-2-4-19(5-3-18)33-13-1-12-28-33/h1-6,8,12-13,22,37H,7,9-11,14-17H2,(H,30,34,35). The lowest BCUT2D eigenvalue weighted by Crippen LogP contribution is -2.52. The molecule has 0 spiro atoms. The van der Waals surface area contributed by atoms with E-state index < -0.39 is 17.6 Å². The Morgan fingerprint density at radius 2 is 1.84 bits per heavy atom. The van der Waals surface area contributed by atoms with Gasteiger partial charge in [0.25, 0.3) is 5.91 Å². The summed E-state index contributed by atoms with van der Waals surface area (Å²) in [6, 6.07) is 13.0. The Kier molecular flexibility index (Phi) is 5.85. The highest BCUT2D eigenvalue weighted by Crippen LogP contribution is 2.35. The van der Waals surface area contributed by atoms with Crippen molar-refractivity contribution in [1.29, 1.82) is 0 Å². The van der Waals surface area contributed by atoms with E-state index in [1.165, 1.54) is 10.5 Å². The molecule has 3 amide bonds. The molecule has 3 aliphatic heterocycles. The average molecular weight is 501 g/mol. The van der Waals surface area contributed by atoms with Crippen molar-refractivity contribution in [2.45, 2.75) is 50.4 Å². The van der Waals surface area contributed by atoms with Crippen molar-refractivity contribution < 1.29 is 19.5 Å². The summed E-state index contributed by atoms with van der Waals surface area (Å²) in [5.41, 5.74) is 2.73. The second-order valence-corrected chi connectivity index (χ2v) is 10.0. The molecule has 5 heterocycles. The number of carbonyl (C=O) groups is 3. The molecule has 3 aromatic rings. The topological polar surface area (TPSA) is 121 Å². The Hall–Kier alpha value is -3.89. The second-order valence-electron chi connectivity index (χ2n) is 10.0. The van der Waals surface area contributed by atoms with Crippen LogP contribution in [0.5, 0.6) is 0 Å². The zero-order valence-electron chi connectivity index (χ0n) is 20.3. The largest absolute Gasteiger partial charge is 0.383 e. The van der Waals surface area contributed by atoms with Gasteiger partial charge in [-0.2, -0.15) is 5.10 Å². The summed E-state index contributed by atoms with van der Waals surface area (Å²) >= 11 is 0. The van der Waals surface area contributed by atoms with Crippen LogP contribution in [0.4, 0.5) is 0 Å². The molecule has 2 N–H and O–H groups in total. The Morgan fingerprint density at radius 1 is 1.05 bits per heavy atom. The van der Waals surface area contributed by atoms with E-state index in [9.17, 15) is 19.5 Å². The SMILES string of the molecule is O=C1CCC(N2Cc3nc(C4(O)CCN(Cc5ccc(-n6cccn6)cc5)CC4)ccc3C2=O)C(=O)N1. The van der Waals surface area contributed by atoms with Crippen molar-refractivity contribution in [2.24, 2.45) is 0 Å². The van der Waals surface area contributed by atoms with E-state index in [0.29, 0.717) is 36.2 Å². The molecule has 2 fully saturated rings. The van der Waals surface area contributed by atoms with Gasteiger partial charge in [0.15, 0.2) is 0 Å². The van der Waals surface area contributed by atoms with Gasteiger partial charge in [0, 0.05) is 38.4 Å². The lowest BCUT2D eigenvalue weighted by molar-refractivity contribution is -0.136. The molecule has 1 atom stereocenters. The Bertz CT molecular complexity index is 1350. The van der Waals surface area contributed by atoms with E-state index in [1.54, 1.807) is 18.3 Å². The summed E-state index contributed by atoms with van der Waals surface area (Å²) in [5.74, 6) is -1.02. The molecule has 190 valence electrons. The van der Waals surface area contributed by atoms with Crippen LogP contribution in [0, 0.1) is 0 Å². The smallest absolute Gasteiger partial charge is 0.256 e. The van der Waals surface area contributed by atoms with Gasteiger partial charge >= 0.3 is 0 Å². The van der Waals surface area contributed by atoms with E-state index >= 15 is 0 Å². The normalized spacial score (nSPS) is 21.7. The molecule has 2 saturated heterocycles. The molecule has 1 aromatic carbocycles. The number of fused-ring (bicyclic) bond motifs is 1. The van der Waals surface area contributed by atoms with Gasteiger partial charge in [0.05, 0.1) is 29.2 Å². The maximum Gasteiger partial charge on any atom is 0.256 e. The monoisotopic (exact) mass is 500 g/mol. The van der Waals surface area contributed by atoms with Gasteiger partial charge in [-0.25, -0.2) is 4.68 Å². The fourth-order valence-corrected chi connectivity index (χ4v) is 5.47. The van der Waals surface area contributed by atoms with Gasteiger partial charge in [0.1, 0.15) is 11.6 Å². The number of hydrogen-bond donors (Lipinski definition) is 2. The van der Waals surface area contributed by atoms with Gasteiger partial charge in [0.2, 0.25) is 11.8 Å². The molecule has 2 aromatic heterocycles. The van der Waals surface area contributed by atoms with E-state index in [4.69, 9.17) is 0 Å². The number of aliphatic hydroxyl groups is 1. The van der Waals surface area contributed by atoms with Crippen LogP contribution in [0.25, 0.3) is 5.69 Å². The number of hydrogen-bond acceptors (Lipinski definition) is 7. The first-order valence-corrected chi connectivity index (χ1v) is 12.6. The number of carbonyl (C=O) groups excluding carboxylic acids is 3. The summed E-state index contributed by atoms with van der Waals surface area (Å²) in [6.07, 6.45) is 5.26. The van der Waals surface area contributed by atoms with E-state index in [2.05, 4.69) is 44.6 Å². The number of benzene rings is 1. The van der Waals surface area contributed by atoms with Crippen molar-refractivity contribution in [3.8, 4) is 5.69 Å². The van der Waals surface area contributed by atoms with Crippen LogP contribution < -0.4 is 5.32 Å². The molecular weight excluding hydrogens is 472 g/mol.